The molecular formula is C24H24N4O2S. The molecule has 0 saturated carbocycles. The van der Waals surface area contributed by atoms with Gasteiger partial charge < -0.3 is 9.88 Å². The zero-order valence-electron chi connectivity index (χ0n) is 17.2. The van der Waals surface area contributed by atoms with E-state index in [1.54, 1.807) is 17.4 Å². The van der Waals surface area contributed by atoms with Crippen molar-refractivity contribution in [2.24, 2.45) is 0 Å². The zero-order chi connectivity index (χ0) is 21.2. The molecule has 1 atom stereocenters. The first kappa shape index (κ1) is 19.9. The molecule has 7 heteroatoms. The van der Waals surface area contributed by atoms with E-state index in [9.17, 15) is 9.59 Å². The van der Waals surface area contributed by atoms with Gasteiger partial charge in [0, 0.05) is 31.8 Å². The van der Waals surface area contributed by atoms with Gasteiger partial charge in [0.25, 0.3) is 5.56 Å². The summed E-state index contributed by atoms with van der Waals surface area (Å²) < 4.78 is 1.21. The van der Waals surface area contributed by atoms with Gasteiger partial charge in [-0.3, -0.25) is 9.59 Å². The summed E-state index contributed by atoms with van der Waals surface area (Å²) in [5.74, 6) is 1.13. The highest BCUT2D eigenvalue weighted by Crippen LogP contribution is 2.33. The third-order valence-electron chi connectivity index (χ3n) is 5.90. The first-order chi connectivity index (χ1) is 15.2. The first-order valence-corrected chi connectivity index (χ1v) is 11.6. The summed E-state index contributed by atoms with van der Waals surface area (Å²) in [5.41, 5.74) is 1.62. The molecule has 31 heavy (non-hydrogen) atoms. The molecule has 4 aromatic rings. The number of nitrogens with one attached hydrogen (secondary N) is 1. The van der Waals surface area contributed by atoms with Gasteiger partial charge in [-0.25, -0.2) is 9.97 Å². The second-order valence-electron chi connectivity index (χ2n) is 8.08. The minimum absolute atomic E-state index is 0.123. The number of likely N-dealkylation sites (tertiary alicyclic amines) is 1. The Kier molecular flexibility index (Phi) is 5.51. The first-order valence-electron chi connectivity index (χ1n) is 10.8. The SMILES string of the molecule is O=C(CCCc1nc2ccccc2c(=O)[nH]1)N1CCC[C@@H](c2nc3ccccc3s2)C1. The van der Waals surface area contributed by atoms with E-state index in [0.717, 1.165) is 36.5 Å². The second-order valence-corrected chi connectivity index (χ2v) is 9.14. The highest BCUT2D eigenvalue weighted by Gasteiger charge is 2.26. The van der Waals surface area contributed by atoms with Crippen molar-refractivity contribution in [3.63, 3.8) is 0 Å². The fourth-order valence-corrected chi connectivity index (χ4v) is 5.38. The number of hydrogen-bond donors (Lipinski definition) is 1. The fraction of sp³-hybridized carbons (Fsp3) is 0.333. The number of fused-ring (bicyclic) bond motifs is 2. The maximum absolute atomic E-state index is 12.8. The van der Waals surface area contributed by atoms with Crippen LogP contribution >= 0.6 is 11.3 Å². The lowest BCUT2D eigenvalue weighted by atomic mass is 9.98. The Labute approximate surface area is 184 Å². The Balaban J connectivity index is 1.20. The van der Waals surface area contributed by atoms with Crippen molar-refractivity contribution in [2.75, 3.05) is 13.1 Å². The molecule has 158 valence electrons. The van der Waals surface area contributed by atoms with Crippen molar-refractivity contribution in [1.82, 2.24) is 19.9 Å². The number of aromatic amines is 1. The number of piperidine rings is 1. The number of nitrogens with zero attached hydrogens (tertiary/aromatic N) is 3. The van der Waals surface area contributed by atoms with Crippen LogP contribution in [0.1, 0.15) is 42.4 Å². The predicted molar refractivity (Wildman–Crippen MR) is 123 cm³/mol. The van der Waals surface area contributed by atoms with E-state index in [-0.39, 0.29) is 11.5 Å². The molecule has 1 saturated heterocycles. The molecule has 1 aliphatic heterocycles. The van der Waals surface area contributed by atoms with Crippen molar-refractivity contribution in [3.05, 3.63) is 69.7 Å². The molecule has 1 aliphatic rings. The van der Waals surface area contributed by atoms with Crippen LogP contribution in [0.3, 0.4) is 0 Å². The van der Waals surface area contributed by atoms with Crippen LogP contribution in [0.25, 0.3) is 21.1 Å². The van der Waals surface area contributed by atoms with Gasteiger partial charge in [-0.1, -0.05) is 24.3 Å². The molecule has 1 N–H and O–H groups in total. The van der Waals surface area contributed by atoms with Crippen LogP contribution in [0.15, 0.2) is 53.3 Å². The van der Waals surface area contributed by atoms with E-state index in [1.165, 1.54) is 4.70 Å². The van der Waals surface area contributed by atoms with E-state index in [2.05, 4.69) is 16.0 Å². The monoisotopic (exact) mass is 432 g/mol. The third kappa shape index (κ3) is 4.23. The minimum atomic E-state index is -0.123. The largest absolute Gasteiger partial charge is 0.342 e. The Morgan fingerprint density at radius 1 is 1.10 bits per heavy atom. The van der Waals surface area contributed by atoms with Crippen molar-refractivity contribution in [3.8, 4) is 0 Å². The molecular weight excluding hydrogens is 408 g/mol. The number of carbonyl (C=O) groups is 1. The summed E-state index contributed by atoms with van der Waals surface area (Å²) in [4.78, 5) is 39.2. The van der Waals surface area contributed by atoms with Gasteiger partial charge >= 0.3 is 0 Å². The van der Waals surface area contributed by atoms with Crippen molar-refractivity contribution >= 4 is 38.4 Å². The molecule has 0 bridgehead atoms. The van der Waals surface area contributed by atoms with Gasteiger partial charge in [-0.2, -0.15) is 0 Å². The Bertz CT molecular complexity index is 1260. The zero-order valence-corrected chi connectivity index (χ0v) is 18.0. The highest BCUT2D eigenvalue weighted by molar-refractivity contribution is 7.18. The fourth-order valence-electron chi connectivity index (χ4n) is 4.29. The van der Waals surface area contributed by atoms with Crippen LogP contribution in [0.2, 0.25) is 0 Å². The molecule has 0 unspecified atom stereocenters. The van der Waals surface area contributed by atoms with Crippen molar-refractivity contribution in [1.29, 1.82) is 0 Å². The third-order valence-corrected chi connectivity index (χ3v) is 7.10. The second kappa shape index (κ2) is 8.59. The molecule has 2 aromatic heterocycles. The Morgan fingerprint density at radius 2 is 1.90 bits per heavy atom. The Hall–Kier alpha value is -3.06. The average Bonchev–Trinajstić information content (AvgIpc) is 3.24. The number of rotatable bonds is 5. The molecule has 1 fully saturated rings. The summed E-state index contributed by atoms with van der Waals surface area (Å²) in [7, 11) is 0. The van der Waals surface area contributed by atoms with Gasteiger partial charge in [-0.15, -0.1) is 11.3 Å². The molecule has 0 spiro atoms. The number of amides is 1. The van der Waals surface area contributed by atoms with Gasteiger partial charge in [0.15, 0.2) is 0 Å². The summed E-state index contributed by atoms with van der Waals surface area (Å²) in [6.07, 6.45) is 3.80. The van der Waals surface area contributed by atoms with E-state index in [0.29, 0.717) is 41.9 Å². The smallest absolute Gasteiger partial charge is 0.258 e. The topological polar surface area (TPSA) is 79.0 Å². The summed E-state index contributed by atoms with van der Waals surface area (Å²) in [6, 6.07) is 15.5. The predicted octanol–water partition coefficient (Wildman–Crippen LogP) is 4.26. The van der Waals surface area contributed by atoms with Crippen LogP contribution in [0.4, 0.5) is 0 Å². The molecule has 1 amide bonds. The van der Waals surface area contributed by atoms with Crippen LogP contribution in [-0.2, 0) is 11.2 Å². The lowest BCUT2D eigenvalue weighted by Crippen LogP contribution is -2.39. The average molecular weight is 433 g/mol. The number of hydrogen-bond acceptors (Lipinski definition) is 5. The number of aryl methyl sites for hydroxylation is 1. The summed E-state index contributed by atoms with van der Waals surface area (Å²) >= 11 is 1.74. The van der Waals surface area contributed by atoms with Gasteiger partial charge in [0.1, 0.15) is 5.82 Å². The van der Waals surface area contributed by atoms with E-state index < -0.39 is 0 Å². The summed E-state index contributed by atoms with van der Waals surface area (Å²) in [6.45, 7) is 1.55. The number of aromatic nitrogens is 3. The Morgan fingerprint density at radius 3 is 2.77 bits per heavy atom. The number of benzene rings is 2. The van der Waals surface area contributed by atoms with Crippen LogP contribution in [0.5, 0.6) is 0 Å². The molecule has 0 aliphatic carbocycles. The number of H-pyrrole nitrogens is 1. The molecule has 5 rings (SSSR count). The summed E-state index contributed by atoms with van der Waals surface area (Å²) in [5, 5.41) is 1.73. The lowest BCUT2D eigenvalue weighted by molar-refractivity contribution is -0.132. The van der Waals surface area contributed by atoms with E-state index in [4.69, 9.17) is 4.98 Å². The lowest BCUT2D eigenvalue weighted by Gasteiger charge is -2.32. The van der Waals surface area contributed by atoms with Crippen molar-refractivity contribution < 1.29 is 4.79 Å². The van der Waals surface area contributed by atoms with Gasteiger partial charge in [0.05, 0.1) is 26.1 Å². The highest BCUT2D eigenvalue weighted by atomic mass is 32.1. The number of para-hydroxylation sites is 2. The number of carbonyl (C=O) groups excluding carboxylic acids is 1. The van der Waals surface area contributed by atoms with Gasteiger partial charge in [-0.05, 0) is 43.5 Å². The quantitative estimate of drug-likeness (QED) is 0.511. The maximum Gasteiger partial charge on any atom is 0.258 e. The minimum Gasteiger partial charge on any atom is -0.342 e. The standard InChI is InChI=1S/C24H24N4O2S/c29-22(13-5-12-21-25-18-9-2-1-8-17(18)23(30)27-21)28-14-6-7-16(15-28)24-26-19-10-3-4-11-20(19)31-24/h1-4,8-11,16H,5-7,12-15H2,(H,25,27,30)/t16-/m1/s1. The van der Waals surface area contributed by atoms with Gasteiger partial charge in [0.2, 0.25) is 5.91 Å². The molecule has 3 heterocycles. The molecule has 2 aromatic carbocycles. The normalized spacial score (nSPS) is 16.8. The number of thiazole rings is 1. The molecule has 6 nitrogen and oxygen atoms in total. The van der Waals surface area contributed by atoms with E-state index >= 15 is 0 Å². The maximum atomic E-state index is 12.8. The molecule has 0 radical (unpaired) electrons. The van der Waals surface area contributed by atoms with Crippen LogP contribution < -0.4 is 5.56 Å². The van der Waals surface area contributed by atoms with Crippen LogP contribution in [-0.4, -0.2) is 38.8 Å². The van der Waals surface area contributed by atoms with Crippen LogP contribution in [0, 0.1) is 0 Å². The van der Waals surface area contributed by atoms with Crippen molar-refractivity contribution in [2.45, 2.75) is 38.0 Å². The van der Waals surface area contributed by atoms with E-state index in [1.807, 2.05) is 41.3 Å².